The summed E-state index contributed by atoms with van der Waals surface area (Å²) in [6.07, 6.45) is 0. The topological polar surface area (TPSA) is 24.9 Å². The number of halogens is 1. The molecular formula is C9H13IN2. The van der Waals surface area contributed by atoms with Crippen LogP contribution in [0.5, 0.6) is 0 Å². The minimum Gasteiger partial charge on any atom is -0.368 e. The largest absolute Gasteiger partial charge is 0.368 e. The molecule has 1 N–H and O–H groups in total. The van der Waals surface area contributed by atoms with Crippen LogP contribution in [0.25, 0.3) is 0 Å². The van der Waals surface area contributed by atoms with Gasteiger partial charge in [0.25, 0.3) is 0 Å². The molecule has 0 aliphatic rings. The fraction of sp³-hybridized carbons (Fsp3) is 0.444. The summed E-state index contributed by atoms with van der Waals surface area (Å²) in [5, 5.41) is 3.27. The zero-order chi connectivity index (χ0) is 9.14. The molecule has 0 spiro atoms. The third-order valence-electron chi connectivity index (χ3n) is 1.35. The predicted molar refractivity (Wildman–Crippen MR) is 60.4 cm³/mol. The zero-order valence-electron chi connectivity index (χ0n) is 7.56. The molecular weight excluding hydrogens is 263 g/mol. The van der Waals surface area contributed by atoms with Gasteiger partial charge in [0.15, 0.2) is 0 Å². The van der Waals surface area contributed by atoms with E-state index in [1.807, 2.05) is 13.0 Å². The van der Waals surface area contributed by atoms with Crippen molar-refractivity contribution >= 4 is 28.4 Å². The lowest BCUT2D eigenvalue weighted by Gasteiger charge is -2.09. The van der Waals surface area contributed by atoms with Crippen LogP contribution in [0.2, 0.25) is 0 Å². The summed E-state index contributed by atoms with van der Waals surface area (Å²) in [5.41, 5.74) is 1.06. The quantitative estimate of drug-likeness (QED) is 0.840. The Bertz CT molecular complexity index is 251. The van der Waals surface area contributed by atoms with Gasteiger partial charge in [-0.25, -0.2) is 4.98 Å². The highest BCUT2D eigenvalue weighted by atomic mass is 127. The lowest BCUT2D eigenvalue weighted by atomic mass is 10.3. The Morgan fingerprint density at radius 3 is 2.58 bits per heavy atom. The van der Waals surface area contributed by atoms with E-state index < -0.39 is 0 Å². The molecule has 12 heavy (non-hydrogen) atoms. The van der Waals surface area contributed by atoms with E-state index in [-0.39, 0.29) is 0 Å². The molecule has 0 aliphatic heterocycles. The van der Waals surface area contributed by atoms with Crippen molar-refractivity contribution in [3.8, 4) is 0 Å². The summed E-state index contributed by atoms with van der Waals surface area (Å²) in [7, 11) is 0. The first-order chi connectivity index (χ1) is 5.58. The molecule has 0 bridgehead atoms. The van der Waals surface area contributed by atoms with E-state index in [0.29, 0.717) is 6.04 Å². The van der Waals surface area contributed by atoms with E-state index in [2.05, 4.69) is 52.8 Å². The fourth-order valence-electron chi connectivity index (χ4n) is 0.996. The number of aryl methyl sites for hydroxylation is 1. The molecule has 1 aromatic rings. The van der Waals surface area contributed by atoms with Crippen LogP contribution in [0.15, 0.2) is 12.1 Å². The van der Waals surface area contributed by atoms with Gasteiger partial charge >= 0.3 is 0 Å². The van der Waals surface area contributed by atoms with Crippen molar-refractivity contribution < 1.29 is 0 Å². The van der Waals surface area contributed by atoms with Crippen LogP contribution in [-0.2, 0) is 0 Å². The number of rotatable bonds is 2. The number of hydrogen-bond donors (Lipinski definition) is 1. The molecule has 0 saturated carbocycles. The monoisotopic (exact) mass is 276 g/mol. The van der Waals surface area contributed by atoms with Crippen molar-refractivity contribution in [3.05, 3.63) is 21.4 Å². The standard InChI is InChI=1S/C9H13IN2/c1-6(2)11-9-5-8(10)4-7(3)12-9/h4-6H,1-3H3,(H,11,12). The highest BCUT2D eigenvalue weighted by Gasteiger charge is 1.98. The van der Waals surface area contributed by atoms with Crippen molar-refractivity contribution in [2.75, 3.05) is 5.32 Å². The maximum Gasteiger partial charge on any atom is 0.127 e. The van der Waals surface area contributed by atoms with Gasteiger partial charge in [-0.3, -0.25) is 0 Å². The third-order valence-corrected chi connectivity index (χ3v) is 1.98. The van der Waals surface area contributed by atoms with Gasteiger partial charge in [-0.1, -0.05) is 0 Å². The molecule has 1 heterocycles. The lowest BCUT2D eigenvalue weighted by molar-refractivity contribution is 0.886. The van der Waals surface area contributed by atoms with E-state index >= 15 is 0 Å². The number of anilines is 1. The van der Waals surface area contributed by atoms with Crippen molar-refractivity contribution in [3.63, 3.8) is 0 Å². The molecule has 0 atom stereocenters. The molecule has 0 aliphatic carbocycles. The van der Waals surface area contributed by atoms with E-state index in [1.165, 1.54) is 3.57 Å². The molecule has 3 heteroatoms. The Labute approximate surface area is 86.9 Å². The first-order valence-electron chi connectivity index (χ1n) is 3.98. The van der Waals surface area contributed by atoms with Gasteiger partial charge < -0.3 is 5.32 Å². The van der Waals surface area contributed by atoms with Gasteiger partial charge in [-0.05, 0) is 55.5 Å². The van der Waals surface area contributed by atoms with Crippen LogP contribution in [0, 0.1) is 10.5 Å². The number of pyridine rings is 1. The van der Waals surface area contributed by atoms with Gasteiger partial charge in [0.05, 0.1) is 0 Å². The Kier molecular flexibility index (Phi) is 3.31. The van der Waals surface area contributed by atoms with Crippen molar-refractivity contribution in [2.24, 2.45) is 0 Å². The second kappa shape index (κ2) is 4.07. The van der Waals surface area contributed by atoms with Crippen molar-refractivity contribution in [1.82, 2.24) is 4.98 Å². The number of aromatic nitrogens is 1. The minimum absolute atomic E-state index is 0.440. The first kappa shape index (κ1) is 9.77. The molecule has 2 nitrogen and oxygen atoms in total. The highest BCUT2D eigenvalue weighted by Crippen LogP contribution is 2.12. The molecule has 0 amide bonds. The Balaban J connectivity index is 2.85. The van der Waals surface area contributed by atoms with Crippen LogP contribution in [0.4, 0.5) is 5.82 Å². The first-order valence-corrected chi connectivity index (χ1v) is 5.06. The van der Waals surface area contributed by atoms with Gasteiger partial charge in [-0.2, -0.15) is 0 Å². The second-order valence-corrected chi connectivity index (χ2v) is 4.36. The van der Waals surface area contributed by atoms with E-state index in [1.54, 1.807) is 0 Å². The fourth-order valence-corrected chi connectivity index (χ4v) is 1.74. The van der Waals surface area contributed by atoms with Crippen LogP contribution < -0.4 is 5.32 Å². The van der Waals surface area contributed by atoms with Crippen LogP contribution in [0.3, 0.4) is 0 Å². The van der Waals surface area contributed by atoms with Crippen LogP contribution in [-0.4, -0.2) is 11.0 Å². The maximum absolute atomic E-state index is 4.36. The van der Waals surface area contributed by atoms with E-state index in [0.717, 1.165) is 11.5 Å². The smallest absolute Gasteiger partial charge is 0.127 e. The number of hydrogen-bond acceptors (Lipinski definition) is 2. The minimum atomic E-state index is 0.440. The summed E-state index contributed by atoms with van der Waals surface area (Å²) >= 11 is 2.30. The number of nitrogens with one attached hydrogen (secondary N) is 1. The molecule has 66 valence electrons. The van der Waals surface area contributed by atoms with Gasteiger partial charge in [0, 0.05) is 15.3 Å². The van der Waals surface area contributed by atoms with E-state index in [4.69, 9.17) is 0 Å². The van der Waals surface area contributed by atoms with Gasteiger partial charge in [-0.15, -0.1) is 0 Å². The van der Waals surface area contributed by atoms with E-state index in [9.17, 15) is 0 Å². The van der Waals surface area contributed by atoms with Crippen LogP contribution >= 0.6 is 22.6 Å². The normalized spacial score (nSPS) is 10.4. The number of nitrogens with zero attached hydrogens (tertiary/aromatic N) is 1. The summed E-state index contributed by atoms with van der Waals surface area (Å²) < 4.78 is 1.23. The second-order valence-electron chi connectivity index (χ2n) is 3.11. The van der Waals surface area contributed by atoms with Crippen molar-refractivity contribution in [1.29, 1.82) is 0 Å². The molecule has 0 unspecified atom stereocenters. The summed E-state index contributed by atoms with van der Waals surface area (Å²) in [6.45, 7) is 6.22. The molecule has 0 saturated heterocycles. The summed E-state index contributed by atoms with van der Waals surface area (Å²) in [6, 6.07) is 4.55. The Morgan fingerprint density at radius 2 is 2.08 bits per heavy atom. The highest BCUT2D eigenvalue weighted by molar-refractivity contribution is 14.1. The Morgan fingerprint density at radius 1 is 1.42 bits per heavy atom. The molecule has 0 aromatic carbocycles. The maximum atomic E-state index is 4.36. The third kappa shape index (κ3) is 2.97. The van der Waals surface area contributed by atoms with Gasteiger partial charge in [0.2, 0.25) is 0 Å². The average Bonchev–Trinajstić information content (AvgIpc) is 1.81. The average molecular weight is 276 g/mol. The molecule has 0 fully saturated rings. The SMILES string of the molecule is Cc1cc(I)cc(NC(C)C)n1. The van der Waals surface area contributed by atoms with Gasteiger partial charge in [0.1, 0.15) is 5.82 Å². The summed E-state index contributed by atoms with van der Waals surface area (Å²) in [4.78, 5) is 4.36. The van der Waals surface area contributed by atoms with Crippen LogP contribution in [0.1, 0.15) is 19.5 Å². The summed E-state index contributed by atoms with van der Waals surface area (Å²) in [5.74, 6) is 0.967. The van der Waals surface area contributed by atoms with Crippen molar-refractivity contribution in [2.45, 2.75) is 26.8 Å². The Hall–Kier alpha value is -0.320. The molecule has 0 radical (unpaired) electrons. The predicted octanol–water partition coefficient (Wildman–Crippen LogP) is 2.81. The lowest BCUT2D eigenvalue weighted by Crippen LogP contribution is -2.11. The molecule has 1 aromatic heterocycles. The zero-order valence-corrected chi connectivity index (χ0v) is 9.71. The molecule has 1 rings (SSSR count).